The summed E-state index contributed by atoms with van der Waals surface area (Å²) in [5, 5.41) is 0. The minimum absolute atomic E-state index is 0. The first-order valence-electron chi connectivity index (χ1n) is 6.65. The summed E-state index contributed by atoms with van der Waals surface area (Å²) in [6.07, 6.45) is 0.801. The van der Waals surface area contributed by atoms with Gasteiger partial charge in [0.15, 0.2) is 0 Å². The van der Waals surface area contributed by atoms with E-state index in [0.29, 0.717) is 11.2 Å². The molecule has 0 fully saturated rings. The normalized spacial score (nSPS) is 15.1. The quantitative estimate of drug-likeness (QED) is 0.522. The van der Waals surface area contributed by atoms with Gasteiger partial charge < -0.3 is 29.1 Å². The summed E-state index contributed by atoms with van der Waals surface area (Å²) in [5.41, 5.74) is 1.09. The van der Waals surface area contributed by atoms with Crippen molar-refractivity contribution in [3.05, 3.63) is 18.3 Å². The fraction of sp³-hybridized carbons (Fsp3) is 0.583. The molecule has 0 aliphatic rings. The van der Waals surface area contributed by atoms with Crippen LogP contribution < -0.4 is 0 Å². The van der Waals surface area contributed by atoms with Crippen molar-refractivity contribution in [3.8, 4) is 0 Å². The first-order valence-corrected chi connectivity index (χ1v) is 8.45. The van der Waals surface area contributed by atoms with Crippen LogP contribution in [0, 0.1) is 13.3 Å². The predicted molar refractivity (Wildman–Crippen MR) is 76.0 cm³/mol. The van der Waals surface area contributed by atoms with Gasteiger partial charge in [-0.15, -0.1) is 0 Å². The Balaban J connectivity index is 0.00000288. The molecule has 0 bridgehead atoms. The number of halogens is 2. The predicted octanol–water partition coefficient (Wildman–Crippen LogP) is 1.67. The molecular weight excluding hydrogens is 422 g/mol. The molecule has 2 rings (SSSR count). The summed E-state index contributed by atoms with van der Waals surface area (Å²) < 4.78 is 45.6. The summed E-state index contributed by atoms with van der Waals surface area (Å²) in [4.78, 5) is 29.1. The van der Waals surface area contributed by atoms with Crippen molar-refractivity contribution in [3.63, 3.8) is 0 Å². The third-order valence-electron chi connectivity index (χ3n) is 3.49. The molecule has 12 heteroatoms. The molecule has 0 aliphatic heterocycles. The SMILES string of the molecule is Cc1n[c-]nc2c1ncn2[C@H](C)C(F)(F)[C@H](C)OCP(=O)(O)O.[Y]. The molecule has 24 heavy (non-hydrogen) atoms. The molecule has 0 amide bonds. The van der Waals surface area contributed by atoms with Crippen LogP contribution in [0.15, 0.2) is 6.33 Å². The number of hydrogen-bond acceptors (Lipinski definition) is 5. The molecule has 8 nitrogen and oxygen atoms in total. The molecule has 0 unspecified atom stereocenters. The molecule has 1 radical (unpaired) electrons. The average molecular weight is 438 g/mol. The number of alkyl halides is 2. The van der Waals surface area contributed by atoms with Crippen LogP contribution in [0.5, 0.6) is 0 Å². The van der Waals surface area contributed by atoms with Gasteiger partial charge in [0.05, 0.1) is 12.4 Å². The van der Waals surface area contributed by atoms with Gasteiger partial charge in [0.25, 0.3) is 5.92 Å². The smallest absolute Gasteiger partial charge is 0.350 e. The van der Waals surface area contributed by atoms with Crippen molar-refractivity contribution in [1.82, 2.24) is 19.5 Å². The average Bonchev–Trinajstić information content (AvgIpc) is 2.88. The van der Waals surface area contributed by atoms with Gasteiger partial charge in [-0.2, -0.15) is 0 Å². The molecule has 0 aromatic carbocycles. The number of nitrogens with zero attached hydrogens (tertiary/aromatic N) is 4. The fourth-order valence-electron chi connectivity index (χ4n) is 2.05. The number of ether oxygens (including phenoxy) is 1. The maximum absolute atomic E-state index is 14.5. The Labute approximate surface area is 162 Å². The molecule has 2 N–H and O–H groups in total. The van der Waals surface area contributed by atoms with Crippen molar-refractivity contribution in [2.24, 2.45) is 0 Å². The van der Waals surface area contributed by atoms with Crippen LogP contribution >= 0.6 is 7.60 Å². The van der Waals surface area contributed by atoms with Crippen LogP contribution in [0.1, 0.15) is 25.6 Å². The van der Waals surface area contributed by atoms with E-state index in [-0.39, 0.29) is 38.4 Å². The topological polar surface area (TPSA) is 110 Å². The monoisotopic (exact) mass is 438 g/mol. The minimum Gasteiger partial charge on any atom is -0.369 e. The number of rotatable bonds is 6. The summed E-state index contributed by atoms with van der Waals surface area (Å²) in [6, 6.07) is -1.40. The Bertz CT molecular complexity index is 754. The molecule has 0 spiro atoms. The summed E-state index contributed by atoms with van der Waals surface area (Å²) in [7, 11) is -4.53. The van der Waals surface area contributed by atoms with E-state index in [0.717, 1.165) is 11.5 Å². The first kappa shape index (κ1) is 21.7. The van der Waals surface area contributed by atoms with Crippen molar-refractivity contribution in [2.45, 2.75) is 38.8 Å². The summed E-state index contributed by atoms with van der Waals surface area (Å²) in [6.45, 7) is 3.96. The van der Waals surface area contributed by atoms with Gasteiger partial charge in [0.2, 0.25) is 0 Å². The number of imidazole rings is 1. The van der Waals surface area contributed by atoms with Crippen LogP contribution in [-0.2, 0) is 42.0 Å². The molecule has 131 valence electrons. The van der Waals surface area contributed by atoms with E-state index in [9.17, 15) is 13.3 Å². The zero-order valence-electron chi connectivity index (χ0n) is 13.2. The zero-order valence-corrected chi connectivity index (χ0v) is 17.0. The molecular formula is C12H16F2N4O4PY-. The molecule has 2 aromatic rings. The largest absolute Gasteiger partial charge is 0.369 e. The van der Waals surface area contributed by atoms with E-state index in [1.807, 2.05) is 0 Å². The Morgan fingerprint density at radius 2 is 2.04 bits per heavy atom. The molecule has 2 aromatic heterocycles. The van der Waals surface area contributed by atoms with Gasteiger partial charge in [-0.25, -0.2) is 8.78 Å². The summed E-state index contributed by atoms with van der Waals surface area (Å²) >= 11 is 0. The second kappa shape index (κ2) is 7.89. The van der Waals surface area contributed by atoms with Crippen LogP contribution in [0.3, 0.4) is 0 Å². The Morgan fingerprint density at radius 3 is 2.62 bits per heavy atom. The van der Waals surface area contributed by atoms with Crippen LogP contribution in [0.4, 0.5) is 8.78 Å². The number of fused-ring (bicyclic) bond motifs is 1. The Hall–Kier alpha value is -0.376. The minimum atomic E-state index is -4.53. The van der Waals surface area contributed by atoms with Crippen LogP contribution in [-0.4, -0.2) is 47.7 Å². The standard InChI is InChI=1S/C12H16F2N4O4P.Y/c1-7-10-11(16-4-15-7)18(5-17-10)8(2)12(13,14)9(3)22-6-23(19,20)21;/h5,8-9H,6H2,1-3H3,(H2,19,20,21);/q-1;/t8-,9+;/m1./s1. The van der Waals surface area contributed by atoms with Gasteiger partial charge in [-0.1, -0.05) is 6.92 Å². The van der Waals surface area contributed by atoms with Gasteiger partial charge >= 0.3 is 7.60 Å². The van der Waals surface area contributed by atoms with E-state index < -0.39 is 32.0 Å². The van der Waals surface area contributed by atoms with Crippen molar-refractivity contribution in [1.29, 1.82) is 0 Å². The maximum Gasteiger partial charge on any atom is 0.350 e. The molecule has 0 aliphatic carbocycles. The number of hydrogen-bond donors (Lipinski definition) is 2. The number of aromatic nitrogens is 4. The van der Waals surface area contributed by atoms with Gasteiger partial charge in [-0.3, -0.25) is 9.55 Å². The van der Waals surface area contributed by atoms with E-state index in [4.69, 9.17) is 9.79 Å². The van der Waals surface area contributed by atoms with E-state index >= 15 is 0 Å². The summed E-state index contributed by atoms with van der Waals surface area (Å²) in [5.74, 6) is -3.42. The van der Waals surface area contributed by atoms with Gasteiger partial charge in [0.1, 0.15) is 12.5 Å². The number of aryl methyl sites for hydroxylation is 1. The zero-order chi connectivity index (χ0) is 17.4. The van der Waals surface area contributed by atoms with Gasteiger partial charge in [-0.05, 0) is 19.5 Å². The molecule has 0 saturated heterocycles. The van der Waals surface area contributed by atoms with E-state index in [1.165, 1.54) is 13.3 Å². The molecule has 0 saturated carbocycles. The maximum atomic E-state index is 14.5. The van der Waals surface area contributed by atoms with Crippen molar-refractivity contribution < 1.29 is 60.6 Å². The van der Waals surface area contributed by atoms with E-state index in [2.05, 4.69) is 26.0 Å². The molecule has 2 atom stereocenters. The Morgan fingerprint density at radius 1 is 1.42 bits per heavy atom. The second-order valence-electron chi connectivity index (χ2n) is 5.19. The third-order valence-corrected chi connectivity index (χ3v) is 3.98. The molecule has 2 heterocycles. The van der Waals surface area contributed by atoms with Crippen molar-refractivity contribution >= 4 is 18.8 Å². The first-order chi connectivity index (χ1) is 10.5. The van der Waals surface area contributed by atoms with Crippen LogP contribution in [0.2, 0.25) is 0 Å². The van der Waals surface area contributed by atoms with Gasteiger partial charge in [0, 0.05) is 50.2 Å². The Kier molecular flexibility index (Phi) is 7.12. The van der Waals surface area contributed by atoms with Crippen molar-refractivity contribution in [2.75, 3.05) is 6.35 Å². The third kappa shape index (κ3) is 4.62. The van der Waals surface area contributed by atoms with Crippen LogP contribution in [0.25, 0.3) is 11.2 Å². The fourth-order valence-corrected chi connectivity index (χ4v) is 2.47. The second-order valence-corrected chi connectivity index (χ2v) is 6.77. The van der Waals surface area contributed by atoms with E-state index in [1.54, 1.807) is 6.92 Å².